The van der Waals surface area contributed by atoms with Gasteiger partial charge in [0.05, 0.1) is 18.0 Å². The Hall–Kier alpha value is -1.43. The Morgan fingerprint density at radius 3 is 2.69 bits per heavy atom. The van der Waals surface area contributed by atoms with Crippen molar-refractivity contribution in [2.45, 2.75) is 13.0 Å². The molecule has 0 aliphatic carbocycles. The molecule has 1 aromatic heterocycles. The van der Waals surface area contributed by atoms with Crippen molar-refractivity contribution in [1.82, 2.24) is 4.98 Å². The Morgan fingerprint density at radius 1 is 1.62 bits per heavy atom. The van der Waals surface area contributed by atoms with Crippen molar-refractivity contribution in [3.63, 3.8) is 0 Å². The first-order chi connectivity index (χ1) is 6.06. The molecule has 1 heterocycles. The van der Waals surface area contributed by atoms with Gasteiger partial charge >= 0.3 is 0 Å². The first-order valence-corrected chi connectivity index (χ1v) is 3.47. The third-order valence-electron chi connectivity index (χ3n) is 1.57. The van der Waals surface area contributed by atoms with Crippen molar-refractivity contribution in [3.8, 4) is 0 Å². The van der Waals surface area contributed by atoms with Crippen LogP contribution in [0.3, 0.4) is 0 Å². The minimum Gasteiger partial charge on any atom is -0.394 e. The van der Waals surface area contributed by atoms with Gasteiger partial charge in [-0.1, -0.05) is 0 Å². The maximum atomic E-state index is 12.1. The molecule has 0 saturated heterocycles. The highest BCUT2D eigenvalue weighted by molar-refractivity contribution is 5.43. The molecule has 0 spiro atoms. The van der Waals surface area contributed by atoms with Crippen LogP contribution in [-0.2, 0) is 6.61 Å². The number of aromatic nitrogens is 1. The minimum absolute atomic E-state index is 0.0807. The normalized spacial score (nSPS) is 10.8. The van der Waals surface area contributed by atoms with Crippen LogP contribution in [0.4, 0.5) is 14.5 Å². The first-order valence-electron chi connectivity index (χ1n) is 3.47. The molecule has 0 atom stereocenters. The predicted molar refractivity (Wildman–Crippen MR) is 42.4 cm³/mol. The fourth-order valence-electron chi connectivity index (χ4n) is 0.888. The monoisotopic (exact) mass is 190 g/mol. The molecule has 6 heteroatoms. The van der Waals surface area contributed by atoms with Crippen LogP contribution in [0.15, 0.2) is 10.9 Å². The van der Waals surface area contributed by atoms with Gasteiger partial charge in [0.15, 0.2) is 0 Å². The van der Waals surface area contributed by atoms with Crippen LogP contribution in [0.5, 0.6) is 0 Å². The van der Waals surface area contributed by atoms with E-state index in [-0.39, 0.29) is 11.4 Å². The minimum atomic E-state index is -2.78. The number of aliphatic hydroxyl groups is 1. The first kappa shape index (κ1) is 9.66. The van der Waals surface area contributed by atoms with E-state index in [1.807, 2.05) is 0 Å². The summed E-state index contributed by atoms with van der Waals surface area (Å²) >= 11 is 0. The standard InChI is InChI=1S/C7H8F2N2O2/c8-7(9)3-1-5(13)6(10)4(2-12)11-3/h1,7,12H,2,10H2,(H,11,13). The number of nitrogen functional groups attached to an aromatic ring is 1. The summed E-state index contributed by atoms with van der Waals surface area (Å²) in [7, 11) is 0. The van der Waals surface area contributed by atoms with Crippen molar-refractivity contribution < 1.29 is 13.9 Å². The topological polar surface area (TPSA) is 79.1 Å². The number of aromatic amines is 1. The van der Waals surface area contributed by atoms with Crippen LogP contribution in [-0.4, -0.2) is 10.1 Å². The summed E-state index contributed by atoms with van der Waals surface area (Å²) < 4.78 is 24.2. The highest BCUT2D eigenvalue weighted by Crippen LogP contribution is 2.16. The number of anilines is 1. The average molecular weight is 190 g/mol. The van der Waals surface area contributed by atoms with Gasteiger partial charge in [-0.15, -0.1) is 0 Å². The highest BCUT2D eigenvalue weighted by Gasteiger charge is 2.12. The zero-order chi connectivity index (χ0) is 10.0. The second-order valence-corrected chi connectivity index (χ2v) is 2.44. The average Bonchev–Trinajstić information content (AvgIpc) is 2.09. The van der Waals surface area contributed by atoms with E-state index in [1.165, 1.54) is 0 Å². The van der Waals surface area contributed by atoms with Crippen molar-refractivity contribution in [3.05, 3.63) is 27.7 Å². The van der Waals surface area contributed by atoms with E-state index in [1.54, 1.807) is 0 Å². The third kappa shape index (κ3) is 1.83. The molecule has 0 fully saturated rings. The molecule has 0 aromatic carbocycles. The van der Waals surface area contributed by atoms with Crippen LogP contribution in [0.25, 0.3) is 0 Å². The van der Waals surface area contributed by atoms with Crippen LogP contribution in [0.1, 0.15) is 17.8 Å². The van der Waals surface area contributed by atoms with Gasteiger partial charge in [-0.25, -0.2) is 8.78 Å². The van der Waals surface area contributed by atoms with Crippen LogP contribution >= 0.6 is 0 Å². The fraction of sp³-hybridized carbons (Fsp3) is 0.286. The summed E-state index contributed by atoms with van der Waals surface area (Å²) in [5.74, 6) is 0. The Labute approximate surface area is 72.0 Å². The third-order valence-corrected chi connectivity index (χ3v) is 1.57. The lowest BCUT2D eigenvalue weighted by molar-refractivity contribution is 0.145. The number of aliphatic hydroxyl groups excluding tert-OH is 1. The van der Waals surface area contributed by atoms with Crippen LogP contribution in [0.2, 0.25) is 0 Å². The second-order valence-electron chi connectivity index (χ2n) is 2.44. The molecule has 0 radical (unpaired) electrons. The van der Waals surface area contributed by atoms with E-state index in [4.69, 9.17) is 10.8 Å². The molecule has 0 bridgehead atoms. The molecule has 4 N–H and O–H groups in total. The van der Waals surface area contributed by atoms with E-state index >= 15 is 0 Å². The van der Waals surface area contributed by atoms with Crippen molar-refractivity contribution in [1.29, 1.82) is 0 Å². The number of halogens is 2. The molecular weight excluding hydrogens is 182 g/mol. The second kappa shape index (κ2) is 3.53. The summed E-state index contributed by atoms with van der Waals surface area (Å²) in [5, 5.41) is 8.65. The number of H-pyrrole nitrogens is 1. The molecule has 0 amide bonds. The molecule has 0 aliphatic heterocycles. The Balaban J connectivity index is 3.31. The maximum Gasteiger partial charge on any atom is 0.278 e. The van der Waals surface area contributed by atoms with E-state index < -0.39 is 24.2 Å². The summed E-state index contributed by atoms with van der Waals surface area (Å²) in [6.45, 7) is -0.568. The lowest BCUT2D eigenvalue weighted by atomic mass is 10.2. The molecule has 4 nitrogen and oxygen atoms in total. The van der Waals surface area contributed by atoms with E-state index in [9.17, 15) is 13.6 Å². The number of pyridine rings is 1. The lowest BCUT2D eigenvalue weighted by Crippen LogP contribution is -2.14. The number of hydrogen-bond donors (Lipinski definition) is 3. The van der Waals surface area contributed by atoms with Gasteiger partial charge in [-0.3, -0.25) is 4.79 Å². The zero-order valence-corrected chi connectivity index (χ0v) is 6.55. The zero-order valence-electron chi connectivity index (χ0n) is 6.55. The fourth-order valence-corrected chi connectivity index (χ4v) is 0.888. The number of nitrogens with two attached hydrogens (primary N) is 1. The smallest absolute Gasteiger partial charge is 0.278 e. The van der Waals surface area contributed by atoms with Gasteiger partial charge < -0.3 is 15.8 Å². The van der Waals surface area contributed by atoms with Crippen molar-refractivity contribution in [2.75, 3.05) is 5.73 Å². The van der Waals surface area contributed by atoms with Gasteiger partial charge in [0, 0.05) is 6.07 Å². The largest absolute Gasteiger partial charge is 0.394 e. The molecule has 0 saturated carbocycles. The molecule has 13 heavy (non-hydrogen) atoms. The number of rotatable bonds is 2. The Kier molecular flexibility index (Phi) is 2.62. The molecule has 1 aromatic rings. The van der Waals surface area contributed by atoms with Crippen LogP contribution < -0.4 is 11.2 Å². The van der Waals surface area contributed by atoms with Gasteiger partial charge in [-0.05, 0) is 0 Å². The Morgan fingerprint density at radius 2 is 2.23 bits per heavy atom. The van der Waals surface area contributed by atoms with Crippen molar-refractivity contribution >= 4 is 5.69 Å². The molecule has 0 aliphatic rings. The number of hydrogen-bond acceptors (Lipinski definition) is 3. The highest BCUT2D eigenvalue weighted by atomic mass is 19.3. The van der Waals surface area contributed by atoms with Gasteiger partial charge in [0.1, 0.15) is 5.69 Å². The van der Waals surface area contributed by atoms with Gasteiger partial charge in [0.2, 0.25) is 5.43 Å². The molecule has 1 rings (SSSR count). The number of nitrogens with one attached hydrogen (secondary N) is 1. The molecule has 72 valence electrons. The van der Waals surface area contributed by atoms with Gasteiger partial charge in [0.25, 0.3) is 6.43 Å². The van der Waals surface area contributed by atoms with E-state index in [2.05, 4.69) is 4.98 Å². The van der Waals surface area contributed by atoms with E-state index in [0.29, 0.717) is 0 Å². The summed E-state index contributed by atoms with van der Waals surface area (Å²) in [6, 6.07) is 0.721. The quantitative estimate of drug-likeness (QED) is 0.631. The molecular formula is C7H8F2N2O2. The maximum absolute atomic E-state index is 12.1. The molecule has 0 unspecified atom stereocenters. The Bertz CT molecular complexity index is 362. The van der Waals surface area contributed by atoms with Gasteiger partial charge in [-0.2, -0.15) is 0 Å². The predicted octanol–water partition coefficient (Wildman–Crippen LogP) is 0.387. The van der Waals surface area contributed by atoms with Crippen LogP contribution in [0, 0.1) is 0 Å². The summed E-state index contributed by atoms with van der Waals surface area (Å²) in [6.07, 6.45) is -2.78. The van der Waals surface area contributed by atoms with E-state index in [0.717, 1.165) is 6.07 Å². The van der Waals surface area contributed by atoms with Crippen molar-refractivity contribution in [2.24, 2.45) is 0 Å². The number of alkyl halides is 2. The summed E-state index contributed by atoms with van der Waals surface area (Å²) in [4.78, 5) is 13.1. The SMILES string of the molecule is Nc1c(CO)[nH]c(C(F)F)cc1=O. The summed E-state index contributed by atoms with van der Waals surface area (Å²) in [5.41, 5.74) is 3.65. The lowest BCUT2D eigenvalue weighted by Gasteiger charge is -2.05.